The molecule has 1 atom stereocenters. The molecule has 2 aromatic rings. The van der Waals surface area contributed by atoms with Crippen molar-refractivity contribution in [1.29, 1.82) is 0 Å². The van der Waals surface area contributed by atoms with Crippen LogP contribution >= 0.6 is 0 Å². The van der Waals surface area contributed by atoms with Crippen LogP contribution in [0, 0.1) is 0 Å². The van der Waals surface area contributed by atoms with Crippen molar-refractivity contribution in [2.45, 2.75) is 11.5 Å². The molecule has 2 aromatic carbocycles. The summed E-state index contributed by atoms with van der Waals surface area (Å²) in [5.74, 6) is -2.45. The van der Waals surface area contributed by atoms with Gasteiger partial charge in [-0.3, -0.25) is 9.59 Å². The second-order valence-electron chi connectivity index (χ2n) is 5.70. The molecule has 1 fully saturated rings. The number of carbonyl (C=O) groups excluding carboxylic acids is 3. The van der Waals surface area contributed by atoms with Crippen molar-refractivity contribution in [1.82, 2.24) is 0 Å². The molecule has 0 radical (unpaired) electrons. The maximum Gasteiger partial charge on any atom is 0.335 e. The van der Waals surface area contributed by atoms with Crippen LogP contribution in [0.25, 0.3) is 0 Å². The van der Waals surface area contributed by atoms with Crippen LogP contribution < -0.4 is 0 Å². The molecule has 112 valence electrons. The Morgan fingerprint density at radius 1 is 0.826 bits per heavy atom. The minimum absolute atomic E-state index is 0.130. The van der Waals surface area contributed by atoms with Crippen LogP contribution in [-0.4, -0.2) is 23.1 Å². The Balaban J connectivity index is 1.97. The van der Waals surface area contributed by atoms with Gasteiger partial charge in [-0.05, 0) is 5.56 Å². The minimum Gasteiger partial charge on any atom is -0.438 e. The lowest BCUT2D eigenvalue weighted by molar-refractivity contribution is -0.140. The Hall–Kier alpha value is -3.01. The normalized spacial score (nSPS) is 21.7. The maximum atomic E-state index is 13.0. The molecule has 1 unspecified atom stereocenters. The van der Waals surface area contributed by atoms with E-state index >= 15 is 0 Å². The van der Waals surface area contributed by atoms with Crippen molar-refractivity contribution < 1.29 is 19.1 Å². The fourth-order valence-electron chi connectivity index (χ4n) is 3.45. The SMILES string of the molecule is C=C1C(=O)OC2(C(=O)c3ccccc3C2=O)C1c1ccccc1. The third-order valence-corrected chi connectivity index (χ3v) is 4.49. The monoisotopic (exact) mass is 304 g/mol. The standard InChI is InChI=1S/C19H12O4/c1-11-15(12-7-3-2-4-8-12)19(23-18(11)22)16(20)13-9-5-6-10-14(13)17(19)21/h2-10,15H,1H2. The van der Waals surface area contributed by atoms with Gasteiger partial charge in [0.15, 0.2) is 0 Å². The Morgan fingerprint density at radius 3 is 1.91 bits per heavy atom. The summed E-state index contributed by atoms with van der Waals surface area (Å²) < 4.78 is 5.36. The number of benzene rings is 2. The van der Waals surface area contributed by atoms with Crippen LogP contribution in [-0.2, 0) is 9.53 Å². The Labute approximate surface area is 132 Å². The van der Waals surface area contributed by atoms with Gasteiger partial charge >= 0.3 is 5.97 Å². The molecule has 0 amide bonds. The molecule has 0 aromatic heterocycles. The van der Waals surface area contributed by atoms with Crippen molar-refractivity contribution in [3.8, 4) is 0 Å². The van der Waals surface area contributed by atoms with Gasteiger partial charge in [0, 0.05) is 16.7 Å². The Bertz CT molecular complexity index is 844. The molecule has 23 heavy (non-hydrogen) atoms. The number of fused-ring (bicyclic) bond motifs is 1. The van der Waals surface area contributed by atoms with Gasteiger partial charge in [-0.2, -0.15) is 0 Å². The smallest absolute Gasteiger partial charge is 0.335 e. The average Bonchev–Trinajstić information content (AvgIpc) is 2.97. The third kappa shape index (κ3) is 1.58. The van der Waals surface area contributed by atoms with E-state index in [0.717, 1.165) is 0 Å². The van der Waals surface area contributed by atoms with Crippen molar-refractivity contribution in [2.24, 2.45) is 0 Å². The van der Waals surface area contributed by atoms with Gasteiger partial charge < -0.3 is 4.74 Å². The van der Waals surface area contributed by atoms with Gasteiger partial charge in [0.2, 0.25) is 17.2 Å². The largest absolute Gasteiger partial charge is 0.438 e. The molecule has 4 rings (SSSR count). The van der Waals surface area contributed by atoms with Crippen molar-refractivity contribution in [3.05, 3.63) is 83.4 Å². The van der Waals surface area contributed by atoms with Crippen LogP contribution in [0.2, 0.25) is 0 Å². The first-order valence-corrected chi connectivity index (χ1v) is 7.23. The summed E-state index contributed by atoms with van der Waals surface area (Å²) in [4.78, 5) is 38.1. The van der Waals surface area contributed by atoms with Crippen LogP contribution in [0.4, 0.5) is 0 Å². The fraction of sp³-hybridized carbons (Fsp3) is 0.105. The molecular weight excluding hydrogens is 292 g/mol. The van der Waals surface area contributed by atoms with E-state index in [1.165, 1.54) is 0 Å². The lowest BCUT2D eigenvalue weighted by atomic mass is 9.77. The second kappa shape index (κ2) is 4.49. The number of carbonyl (C=O) groups is 3. The number of hydrogen-bond donors (Lipinski definition) is 0. The molecule has 4 heteroatoms. The van der Waals surface area contributed by atoms with Crippen molar-refractivity contribution >= 4 is 17.5 Å². The maximum absolute atomic E-state index is 13.0. The number of ether oxygens (including phenoxy) is 1. The summed E-state index contributed by atoms with van der Waals surface area (Å²) in [7, 11) is 0. The van der Waals surface area contributed by atoms with Gasteiger partial charge in [-0.15, -0.1) is 0 Å². The molecule has 1 saturated heterocycles. The first kappa shape index (κ1) is 13.6. The van der Waals surface area contributed by atoms with Crippen LogP contribution in [0.1, 0.15) is 32.2 Å². The van der Waals surface area contributed by atoms with E-state index < -0.39 is 29.1 Å². The topological polar surface area (TPSA) is 60.4 Å². The molecule has 1 spiro atoms. The van der Waals surface area contributed by atoms with E-state index in [0.29, 0.717) is 16.7 Å². The summed E-state index contributed by atoms with van der Waals surface area (Å²) in [6.45, 7) is 3.76. The van der Waals surface area contributed by atoms with Gasteiger partial charge in [-0.25, -0.2) is 4.79 Å². The summed E-state index contributed by atoms with van der Waals surface area (Å²) in [6.07, 6.45) is 0. The van der Waals surface area contributed by atoms with E-state index in [9.17, 15) is 14.4 Å². The molecule has 1 heterocycles. The van der Waals surface area contributed by atoms with Crippen molar-refractivity contribution in [2.75, 3.05) is 0 Å². The molecule has 1 aliphatic carbocycles. The molecule has 0 N–H and O–H groups in total. The minimum atomic E-state index is -1.85. The van der Waals surface area contributed by atoms with Gasteiger partial charge in [0.05, 0.1) is 5.92 Å². The average molecular weight is 304 g/mol. The zero-order chi connectivity index (χ0) is 16.2. The zero-order valence-electron chi connectivity index (χ0n) is 12.1. The molecule has 4 nitrogen and oxygen atoms in total. The van der Waals surface area contributed by atoms with Gasteiger partial charge in [-0.1, -0.05) is 61.2 Å². The van der Waals surface area contributed by atoms with Crippen LogP contribution in [0.15, 0.2) is 66.7 Å². The lowest BCUT2D eigenvalue weighted by Gasteiger charge is -2.25. The van der Waals surface area contributed by atoms with Crippen LogP contribution in [0.3, 0.4) is 0 Å². The number of esters is 1. The Kier molecular flexibility index (Phi) is 2.66. The highest BCUT2D eigenvalue weighted by atomic mass is 16.6. The van der Waals surface area contributed by atoms with Gasteiger partial charge in [0.25, 0.3) is 0 Å². The van der Waals surface area contributed by atoms with E-state index in [1.807, 2.05) is 6.07 Å². The Morgan fingerprint density at radius 2 is 1.35 bits per heavy atom. The zero-order valence-corrected chi connectivity index (χ0v) is 12.1. The molecule has 2 aliphatic rings. The molecule has 0 bridgehead atoms. The molecular formula is C19H12O4. The van der Waals surface area contributed by atoms with Crippen LogP contribution in [0.5, 0.6) is 0 Å². The van der Waals surface area contributed by atoms with E-state index in [2.05, 4.69) is 6.58 Å². The quantitative estimate of drug-likeness (QED) is 0.462. The predicted molar refractivity (Wildman–Crippen MR) is 82.2 cm³/mol. The third-order valence-electron chi connectivity index (χ3n) is 4.49. The van der Waals surface area contributed by atoms with E-state index in [4.69, 9.17) is 4.74 Å². The highest BCUT2D eigenvalue weighted by Crippen LogP contribution is 2.50. The number of hydrogen-bond acceptors (Lipinski definition) is 4. The summed E-state index contributed by atoms with van der Waals surface area (Å²) in [6, 6.07) is 15.5. The lowest BCUT2D eigenvalue weighted by Crippen LogP contribution is -2.45. The predicted octanol–water partition coefficient (Wildman–Crippen LogP) is 2.70. The highest BCUT2D eigenvalue weighted by molar-refractivity contribution is 6.35. The first-order valence-electron chi connectivity index (χ1n) is 7.23. The summed E-state index contributed by atoms with van der Waals surface area (Å²) >= 11 is 0. The van der Waals surface area contributed by atoms with Gasteiger partial charge in [0.1, 0.15) is 0 Å². The van der Waals surface area contributed by atoms with E-state index in [-0.39, 0.29) is 5.57 Å². The number of ketones is 2. The summed E-state index contributed by atoms with van der Waals surface area (Å²) in [5, 5.41) is 0. The summed E-state index contributed by atoms with van der Waals surface area (Å²) in [5.41, 5.74) is -0.468. The van der Waals surface area contributed by atoms with E-state index in [1.54, 1.807) is 48.5 Å². The highest BCUT2D eigenvalue weighted by Gasteiger charge is 2.66. The second-order valence-corrected chi connectivity index (χ2v) is 5.70. The number of rotatable bonds is 1. The van der Waals surface area contributed by atoms with Crippen molar-refractivity contribution in [3.63, 3.8) is 0 Å². The molecule has 0 saturated carbocycles. The fourth-order valence-corrected chi connectivity index (χ4v) is 3.45. The first-order chi connectivity index (χ1) is 11.1. The molecule has 1 aliphatic heterocycles. The number of Topliss-reactive ketones (excluding diaryl/α,β-unsaturated/α-hetero) is 2.